The Morgan fingerprint density at radius 3 is 2.67 bits per heavy atom. The Morgan fingerprint density at radius 1 is 1.10 bits per heavy atom. The first-order valence-corrected chi connectivity index (χ1v) is 7.06. The Balaban J connectivity index is 1.88. The molecule has 106 valence electrons. The van der Waals surface area contributed by atoms with Crippen molar-refractivity contribution < 1.29 is 14.3 Å². The van der Waals surface area contributed by atoms with E-state index in [1.54, 1.807) is 0 Å². The zero-order chi connectivity index (χ0) is 14.4. The molecule has 2 aliphatic heterocycles. The smallest absolute Gasteiger partial charge is 0.231 e. The average molecular weight is 302 g/mol. The summed E-state index contributed by atoms with van der Waals surface area (Å²) in [4.78, 5) is 12.0. The number of hydrogen-bond acceptors (Lipinski definition) is 3. The van der Waals surface area contributed by atoms with Crippen molar-refractivity contribution in [3.63, 3.8) is 0 Å². The number of fused-ring (bicyclic) bond motifs is 2. The molecule has 0 saturated heterocycles. The summed E-state index contributed by atoms with van der Waals surface area (Å²) < 4.78 is 10.8. The zero-order valence-electron chi connectivity index (χ0n) is 11.1. The maximum Gasteiger partial charge on any atom is 0.231 e. The number of rotatable bonds is 1. The highest BCUT2D eigenvalue weighted by atomic mass is 35.5. The molecule has 0 spiro atoms. The molecule has 1 N–H and O–H groups in total. The van der Waals surface area contributed by atoms with E-state index in [0.717, 1.165) is 16.7 Å². The van der Waals surface area contributed by atoms with Crippen LogP contribution in [0.1, 0.15) is 22.7 Å². The van der Waals surface area contributed by atoms with Gasteiger partial charge in [-0.25, -0.2) is 0 Å². The Hall–Kier alpha value is -2.20. The molecule has 0 fully saturated rings. The highest BCUT2D eigenvalue weighted by molar-refractivity contribution is 6.31. The Kier molecular flexibility index (Phi) is 2.79. The molecule has 21 heavy (non-hydrogen) atoms. The van der Waals surface area contributed by atoms with Crippen LogP contribution in [-0.2, 0) is 11.2 Å². The highest BCUT2D eigenvalue weighted by Gasteiger charge is 2.30. The largest absolute Gasteiger partial charge is 0.454 e. The van der Waals surface area contributed by atoms with Crippen LogP contribution in [-0.4, -0.2) is 12.7 Å². The van der Waals surface area contributed by atoms with Crippen LogP contribution in [0.5, 0.6) is 11.5 Å². The topological polar surface area (TPSA) is 47.6 Å². The van der Waals surface area contributed by atoms with Crippen LogP contribution in [0.4, 0.5) is 0 Å². The molecule has 0 radical (unpaired) electrons. The van der Waals surface area contributed by atoms with Crippen molar-refractivity contribution in [1.82, 2.24) is 5.32 Å². The molecule has 4 rings (SSSR count). The van der Waals surface area contributed by atoms with Crippen LogP contribution in [0.3, 0.4) is 0 Å². The number of amides is 1. The number of carbonyl (C=O) groups is 1. The van der Waals surface area contributed by atoms with Crippen LogP contribution in [0.2, 0.25) is 5.02 Å². The second-order valence-electron chi connectivity index (χ2n) is 5.10. The van der Waals surface area contributed by atoms with E-state index in [9.17, 15) is 4.79 Å². The van der Waals surface area contributed by atoms with Crippen LogP contribution < -0.4 is 14.8 Å². The molecule has 1 amide bonds. The Labute approximate surface area is 126 Å². The van der Waals surface area contributed by atoms with E-state index in [0.29, 0.717) is 22.9 Å². The number of ether oxygens (including phenoxy) is 2. The number of carbonyl (C=O) groups excluding carboxylic acids is 1. The zero-order valence-corrected chi connectivity index (χ0v) is 11.8. The van der Waals surface area contributed by atoms with Crippen LogP contribution in [0.15, 0.2) is 36.4 Å². The standard InChI is InChI=1S/C16H12ClNO3/c17-12-4-2-1-3-10(12)16-11-7-14-13(20-8-21-14)5-9(11)6-15(19)18-16/h1-5,7,16H,6,8H2,(H,18,19). The van der Waals surface area contributed by atoms with E-state index in [4.69, 9.17) is 21.1 Å². The first-order chi connectivity index (χ1) is 10.2. The Bertz CT molecular complexity index is 744. The third-order valence-corrected chi connectivity index (χ3v) is 4.16. The van der Waals surface area contributed by atoms with Crippen molar-refractivity contribution in [3.8, 4) is 11.5 Å². The summed E-state index contributed by atoms with van der Waals surface area (Å²) in [7, 11) is 0. The molecule has 1 atom stereocenters. The fourth-order valence-electron chi connectivity index (χ4n) is 2.84. The predicted octanol–water partition coefficient (Wildman–Crippen LogP) is 2.83. The van der Waals surface area contributed by atoms with Crippen LogP contribution in [0, 0.1) is 0 Å². The molecule has 0 saturated carbocycles. The van der Waals surface area contributed by atoms with Crippen molar-refractivity contribution >= 4 is 17.5 Å². The maximum atomic E-state index is 12.0. The quantitative estimate of drug-likeness (QED) is 0.881. The van der Waals surface area contributed by atoms with Gasteiger partial charge in [0.15, 0.2) is 11.5 Å². The van der Waals surface area contributed by atoms with Gasteiger partial charge in [-0.15, -0.1) is 0 Å². The lowest BCUT2D eigenvalue weighted by molar-refractivity contribution is -0.121. The molecular formula is C16H12ClNO3. The molecular weight excluding hydrogens is 290 g/mol. The molecule has 2 heterocycles. The minimum Gasteiger partial charge on any atom is -0.454 e. The molecule has 0 aliphatic carbocycles. The SMILES string of the molecule is O=C1Cc2cc3c(cc2C(c2ccccc2Cl)N1)OCO3. The first-order valence-electron chi connectivity index (χ1n) is 6.68. The van der Waals surface area contributed by atoms with Crippen molar-refractivity contribution in [2.75, 3.05) is 6.79 Å². The van der Waals surface area contributed by atoms with Crippen LogP contribution >= 0.6 is 11.6 Å². The molecule has 5 heteroatoms. The Morgan fingerprint density at radius 2 is 1.86 bits per heavy atom. The molecule has 1 unspecified atom stereocenters. The fourth-order valence-corrected chi connectivity index (χ4v) is 3.08. The lowest BCUT2D eigenvalue weighted by Crippen LogP contribution is -2.35. The van der Waals surface area contributed by atoms with Crippen molar-refractivity contribution in [3.05, 3.63) is 58.1 Å². The monoisotopic (exact) mass is 301 g/mol. The predicted molar refractivity (Wildman–Crippen MR) is 77.7 cm³/mol. The summed E-state index contributed by atoms with van der Waals surface area (Å²) in [6.07, 6.45) is 0.340. The number of halogens is 1. The third kappa shape index (κ3) is 2.03. The van der Waals surface area contributed by atoms with Gasteiger partial charge in [0.2, 0.25) is 12.7 Å². The summed E-state index contributed by atoms with van der Waals surface area (Å²) in [5.41, 5.74) is 2.84. The van der Waals surface area contributed by atoms with Crippen molar-refractivity contribution in [2.45, 2.75) is 12.5 Å². The van der Waals surface area contributed by atoms with Crippen molar-refractivity contribution in [2.24, 2.45) is 0 Å². The summed E-state index contributed by atoms with van der Waals surface area (Å²) >= 11 is 6.28. The lowest BCUT2D eigenvalue weighted by Gasteiger charge is -2.28. The number of nitrogens with one attached hydrogen (secondary N) is 1. The molecule has 0 aromatic heterocycles. The second-order valence-corrected chi connectivity index (χ2v) is 5.51. The van der Waals surface area contributed by atoms with Crippen LogP contribution in [0.25, 0.3) is 0 Å². The average Bonchev–Trinajstić information content (AvgIpc) is 2.92. The molecule has 0 bridgehead atoms. The van der Waals surface area contributed by atoms with Gasteiger partial charge < -0.3 is 14.8 Å². The van der Waals surface area contributed by atoms with E-state index < -0.39 is 0 Å². The van der Waals surface area contributed by atoms with Gasteiger partial charge in [0.25, 0.3) is 0 Å². The van der Waals surface area contributed by atoms with E-state index >= 15 is 0 Å². The highest BCUT2D eigenvalue weighted by Crippen LogP contribution is 2.41. The second kappa shape index (κ2) is 4.67. The third-order valence-electron chi connectivity index (χ3n) is 3.82. The first kappa shape index (κ1) is 12.5. The molecule has 2 aromatic rings. The summed E-state index contributed by atoms with van der Waals surface area (Å²) in [5, 5.41) is 3.63. The molecule has 4 nitrogen and oxygen atoms in total. The van der Waals surface area contributed by atoms with Gasteiger partial charge in [-0.3, -0.25) is 4.79 Å². The van der Waals surface area contributed by atoms with Gasteiger partial charge >= 0.3 is 0 Å². The number of hydrogen-bond donors (Lipinski definition) is 1. The van der Waals surface area contributed by atoms with Crippen molar-refractivity contribution in [1.29, 1.82) is 0 Å². The van der Waals surface area contributed by atoms with Gasteiger partial charge in [-0.2, -0.15) is 0 Å². The lowest BCUT2D eigenvalue weighted by atomic mass is 9.89. The minimum atomic E-state index is -0.260. The van der Waals surface area contributed by atoms with E-state index in [1.165, 1.54) is 0 Å². The van der Waals surface area contributed by atoms with E-state index in [-0.39, 0.29) is 18.7 Å². The summed E-state index contributed by atoms with van der Waals surface area (Å²) in [5.74, 6) is 1.38. The maximum absolute atomic E-state index is 12.0. The van der Waals surface area contributed by atoms with E-state index in [2.05, 4.69) is 5.32 Å². The summed E-state index contributed by atoms with van der Waals surface area (Å²) in [6, 6.07) is 11.1. The van der Waals surface area contributed by atoms with Gasteiger partial charge in [-0.1, -0.05) is 29.8 Å². The van der Waals surface area contributed by atoms with Gasteiger partial charge in [-0.05, 0) is 34.9 Å². The molecule has 2 aromatic carbocycles. The number of benzene rings is 2. The molecule has 2 aliphatic rings. The minimum absolute atomic E-state index is 0.0220. The fraction of sp³-hybridized carbons (Fsp3) is 0.188. The normalized spacial score (nSPS) is 19.1. The van der Waals surface area contributed by atoms with E-state index in [1.807, 2.05) is 36.4 Å². The summed E-state index contributed by atoms with van der Waals surface area (Å²) in [6.45, 7) is 0.219. The van der Waals surface area contributed by atoms with Gasteiger partial charge in [0.05, 0.1) is 12.5 Å². The van der Waals surface area contributed by atoms with Gasteiger partial charge in [0, 0.05) is 5.02 Å². The van der Waals surface area contributed by atoms with Gasteiger partial charge in [0.1, 0.15) is 0 Å².